The molecular weight excluding hydrogens is 246 g/mol. The fourth-order valence-corrected chi connectivity index (χ4v) is 2.47. The SMILES string of the molecule is Cc1ncccc1C(=O)N1CCCC(C(N)=S)C1. The monoisotopic (exact) mass is 263 g/mol. The molecule has 1 amide bonds. The van der Waals surface area contributed by atoms with E-state index in [1.807, 2.05) is 17.9 Å². The number of carbonyl (C=O) groups is 1. The molecule has 0 saturated carbocycles. The molecule has 1 unspecified atom stereocenters. The minimum atomic E-state index is 0.0292. The third kappa shape index (κ3) is 2.67. The van der Waals surface area contributed by atoms with Crippen LogP contribution in [0.15, 0.2) is 18.3 Å². The summed E-state index contributed by atoms with van der Waals surface area (Å²) in [4.78, 5) is 18.9. The van der Waals surface area contributed by atoms with Gasteiger partial charge in [0.1, 0.15) is 0 Å². The van der Waals surface area contributed by atoms with E-state index in [4.69, 9.17) is 18.0 Å². The first-order valence-electron chi connectivity index (χ1n) is 6.10. The Morgan fingerprint density at radius 1 is 1.61 bits per heavy atom. The van der Waals surface area contributed by atoms with E-state index in [0.29, 0.717) is 17.1 Å². The van der Waals surface area contributed by atoms with Gasteiger partial charge in [-0.25, -0.2) is 0 Å². The molecule has 1 aliphatic rings. The van der Waals surface area contributed by atoms with Crippen LogP contribution in [0.25, 0.3) is 0 Å². The summed E-state index contributed by atoms with van der Waals surface area (Å²) in [6.07, 6.45) is 3.62. The van der Waals surface area contributed by atoms with E-state index < -0.39 is 0 Å². The Bertz CT molecular complexity index is 475. The molecule has 2 rings (SSSR count). The molecule has 5 heteroatoms. The van der Waals surface area contributed by atoms with Crippen LogP contribution in [0, 0.1) is 12.8 Å². The maximum atomic E-state index is 12.4. The van der Waals surface area contributed by atoms with Crippen LogP contribution in [0.3, 0.4) is 0 Å². The summed E-state index contributed by atoms with van der Waals surface area (Å²) < 4.78 is 0. The molecule has 1 aromatic heterocycles. The van der Waals surface area contributed by atoms with E-state index in [1.165, 1.54) is 0 Å². The number of aryl methyl sites for hydroxylation is 1. The second-order valence-electron chi connectivity index (χ2n) is 4.63. The van der Waals surface area contributed by atoms with Gasteiger partial charge >= 0.3 is 0 Å². The van der Waals surface area contributed by atoms with Gasteiger partial charge in [-0.15, -0.1) is 0 Å². The number of nitrogens with zero attached hydrogens (tertiary/aromatic N) is 2. The highest BCUT2D eigenvalue weighted by molar-refractivity contribution is 7.80. The van der Waals surface area contributed by atoms with E-state index in [2.05, 4.69) is 4.98 Å². The third-order valence-corrected chi connectivity index (χ3v) is 3.68. The molecular formula is C13H17N3OS. The molecule has 18 heavy (non-hydrogen) atoms. The van der Waals surface area contributed by atoms with Crippen LogP contribution in [0.5, 0.6) is 0 Å². The molecule has 2 N–H and O–H groups in total. The van der Waals surface area contributed by atoms with Crippen molar-refractivity contribution >= 4 is 23.1 Å². The smallest absolute Gasteiger partial charge is 0.255 e. The lowest BCUT2D eigenvalue weighted by atomic mass is 9.97. The summed E-state index contributed by atoms with van der Waals surface area (Å²) in [5, 5.41) is 0. The van der Waals surface area contributed by atoms with Gasteiger partial charge in [-0.3, -0.25) is 9.78 Å². The molecule has 0 radical (unpaired) electrons. The van der Waals surface area contributed by atoms with Crippen LogP contribution in [-0.2, 0) is 0 Å². The van der Waals surface area contributed by atoms with Gasteiger partial charge in [0.2, 0.25) is 0 Å². The van der Waals surface area contributed by atoms with Crippen molar-refractivity contribution in [3.05, 3.63) is 29.6 Å². The number of likely N-dealkylation sites (tertiary alicyclic amines) is 1. The first-order chi connectivity index (χ1) is 8.59. The first kappa shape index (κ1) is 13.0. The molecule has 1 aromatic rings. The number of carbonyl (C=O) groups excluding carboxylic acids is 1. The zero-order valence-electron chi connectivity index (χ0n) is 10.4. The Morgan fingerprint density at radius 2 is 2.39 bits per heavy atom. The third-order valence-electron chi connectivity index (χ3n) is 3.35. The highest BCUT2D eigenvalue weighted by Crippen LogP contribution is 2.19. The van der Waals surface area contributed by atoms with Gasteiger partial charge in [0.25, 0.3) is 5.91 Å². The van der Waals surface area contributed by atoms with Crippen LogP contribution in [0.4, 0.5) is 0 Å². The summed E-state index contributed by atoms with van der Waals surface area (Å²) in [6.45, 7) is 3.25. The van der Waals surface area contributed by atoms with E-state index >= 15 is 0 Å². The number of amides is 1. The molecule has 1 saturated heterocycles. The van der Waals surface area contributed by atoms with Gasteiger partial charge in [0.05, 0.1) is 10.6 Å². The molecule has 1 fully saturated rings. The summed E-state index contributed by atoms with van der Waals surface area (Å²) in [7, 11) is 0. The minimum Gasteiger partial charge on any atom is -0.393 e. The van der Waals surface area contributed by atoms with Crippen molar-refractivity contribution in [2.75, 3.05) is 13.1 Å². The van der Waals surface area contributed by atoms with Gasteiger partial charge in [0, 0.05) is 30.9 Å². The summed E-state index contributed by atoms with van der Waals surface area (Å²) >= 11 is 5.02. The number of hydrogen-bond donors (Lipinski definition) is 1. The molecule has 0 aromatic carbocycles. The topological polar surface area (TPSA) is 59.2 Å². The lowest BCUT2D eigenvalue weighted by molar-refractivity contribution is 0.0702. The van der Waals surface area contributed by atoms with Crippen molar-refractivity contribution in [1.82, 2.24) is 9.88 Å². The van der Waals surface area contributed by atoms with Crippen molar-refractivity contribution in [1.29, 1.82) is 0 Å². The van der Waals surface area contributed by atoms with E-state index in [0.717, 1.165) is 25.1 Å². The van der Waals surface area contributed by atoms with Crippen LogP contribution < -0.4 is 5.73 Å². The largest absolute Gasteiger partial charge is 0.393 e. The first-order valence-corrected chi connectivity index (χ1v) is 6.50. The molecule has 0 aliphatic carbocycles. The predicted molar refractivity (Wildman–Crippen MR) is 74.4 cm³/mol. The van der Waals surface area contributed by atoms with Crippen LogP contribution in [0.1, 0.15) is 28.9 Å². The Balaban J connectivity index is 2.14. The maximum absolute atomic E-state index is 12.4. The van der Waals surface area contributed by atoms with Gasteiger partial charge in [0.15, 0.2) is 0 Å². The highest BCUT2D eigenvalue weighted by atomic mass is 32.1. The fourth-order valence-electron chi connectivity index (χ4n) is 2.27. The number of aromatic nitrogens is 1. The average Bonchev–Trinajstić information content (AvgIpc) is 2.38. The molecule has 4 nitrogen and oxygen atoms in total. The zero-order valence-corrected chi connectivity index (χ0v) is 11.2. The Kier molecular flexibility index (Phi) is 3.91. The molecule has 1 aliphatic heterocycles. The van der Waals surface area contributed by atoms with E-state index in [-0.39, 0.29) is 11.8 Å². The normalized spacial score (nSPS) is 19.6. The van der Waals surface area contributed by atoms with Gasteiger partial charge < -0.3 is 10.6 Å². The summed E-state index contributed by atoms with van der Waals surface area (Å²) in [6, 6.07) is 3.60. The Morgan fingerprint density at radius 3 is 3.06 bits per heavy atom. The quantitative estimate of drug-likeness (QED) is 0.822. The number of thiocarbonyl (C=S) groups is 1. The number of hydrogen-bond acceptors (Lipinski definition) is 3. The van der Waals surface area contributed by atoms with Crippen molar-refractivity contribution < 1.29 is 4.79 Å². The minimum absolute atomic E-state index is 0.0292. The van der Waals surface area contributed by atoms with Gasteiger partial charge in [-0.2, -0.15) is 0 Å². The van der Waals surface area contributed by atoms with Crippen molar-refractivity contribution in [3.8, 4) is 0 Å². The summed E-state index contributed by atoms with van der Waals surface area (Å²) in [5.41, 5.74) is 7.11. The standard InChI is InChI=1S/C13H17N3OS/c1-9-11(5-2-6-15-9)13(17)16-7-3-4-10(8-16)12(14)18/h2,5-6,10H,3-4,7-8H2,1H3,(H2,14,18). The number of nitrogens with two attached hydrogens (primary N) is 1. The number of pyridine rings is 1. The van der Waals surface area contributed by atoms with Crippen LogP contribution >= 0.6 is 12.2 Å². The summed E-state index contributed by atoms with van der Waals surface area (Å²) in [5.74, 6) is 0.177. The molecule has 96 valence electrons. The lowest BCUT2D eigenvalue weighted by Crippen LogP contribution is -2.43. The van der Waals surface area contributed by atoms with E-state index in [9.17, 15) is 4.79 Å². The van der Waals surface area contributed by atoms with Crippen molar-refractivity contribution in [2.24, 2.45) is 11.7 Å². The predicted octanol–water partition coefficient (Wildman–Crippen LogP) is 1.53. The second kappa shape index (κ2) is 5.44. The molecule has 0 bridgehead atoms. The Labute approximate surface area is 112 Å². The highest BCUT2D eigenvalue weighted by Gasteiger charge is 2.26. The van der Waals surface area contributed by atoms with E-state index in [1.54, 1.807) is 12.3 Å². The van der Waals surface area contributed by atoms with Crippen LogP contribution in [0.2, 0.25) is 0 Å². The molecule has 0 spiro atoms. The molecule has 1 atom stereocenters. The van der Waals surface area contributed by atoms with Gasteiger partial charge in [-0.1, -0.05) is 12.2 Å². The van der Waals surface area contributed by atoms with Gasteiger partial charge in [-0.05, 0) is 31.9 Å². The number of rotatable bonds is 2. The fraction of sp³-hybridized carbons (Fsp3) is 0.462. The second-order valence-corrected chi connectivity index (χ2v) is 5.10. The van der Waals surface area contributed by atoms with Crippen LogP contribution in [-0.4, -0.2) is 33.9 Å². The maximum Gasteiger partial charge on any atom is 0.255 e. The zero-order chi connectivity index (χ0) is 13.1. The Hall–Kier alpha value is -1.49. The number of piperidine rings is 1. The van der Waals surface area contributed by atoms with Crippen molar-refractivity contribution in [2.45, 2.75) is 19.8 Å². The van der Waals surface area contributed by atoms with Crippen molar-refractivity contribution in [3.63, 3.8) is 0 Å². The lowest BCUT2D eigenvalue weighted by Gasteiger charge is -2.32. The average molecular weight is 263 g/mol. The molecule has 2 heterocycles.